The topological polar surface area (TPSA) is 24.9 Å². The Hall–Kier alpha value is -1.41. The number of para-hydroxylation sites is 1. The summed E-state index contributed by atoms with van der Waals surface area (Å²) < 4.78 is 0. The molecule has 2 heteroatoms. The summed E-state index contributed by atoms with van der Waals surface area (Å²) in [7, 11) is 0. The zero-order chi connectivity index (χ0) is 13.9. The third-order valence-electron chi connectivity index (χ3n) is 4.83. The molecule has 3 rings (SSSR count). The molecule has 0 saturated heterocycles. The molecule has 0 bridgehead atoms. The Morgan fingerprint density at radius 1 is 1.05 bits per heavy atom. The van der Waals surface area contributed by atoms with Crippen molar-refractivity contribution in [3.05, 3.63) is 42.1 Å². The summed E-state index contributed by atoms with van der Waals surface area (Å²) in [6.07, 6.45) is 3.96. The first-order chi connectivity index (χ1) is 9.72. The van der Waals surface area contributed by atoms with Gasteiger partial charge in [-0.3, -0.25) is 4.98 Å². The van der Waals surface area contributed by atoms with Crippen LogP contribution in [0.15, 0.2) is 36.4 Å². The van der Waals surface area contributed by atoms with E-state index in [2.05, 4.69) is 55.6 Å². The summed E-state index contributed by atoms with van der Waals surface area (Å²) in [5, 5.41) is 4.91. The number of fused-ring (bicyclic) bond motifs is 1. The molecule has 1 aliphatic carbocycles. The molecule has 1 saturated carbocycles. The van der Waals surface area contributed by atoms with Crippen molar-refractivity contribution in [1.82, 2.24) is 10.3 Å². The third kappa shape index (κ3) is 3.01. The molecule has 1 aromatic heterocycles. The van der Waals surface area contributed by atoms with Crippen LogP contribution < -0.4 is 5.32 Å². The van der Waals surface area contributed by atoms with E-state index >= 15 is 0 Å². The highest BCUT2D eigenvalue weighted by Gasteiger charge is 2.23. The number of rotatable bonds is 3. The largest absolute Gasteiger partial charge is 0.308 e. The van der Waals surface area contributed by atoms with Gasteiger partial charge < -0.3 is 5.32 Å². The number of nitrogens with zero attached hydrogens (tertiary/aromatic N) is 1. The predicted octanol–water partition coefficient (Wildman–Crippen LogP) is 4.15. The summed E-state index contributed by atoms with van der Waals surface area (Å²) >= 11 is 0. The van der Waals surface area contributed by atoms with E-state index in [0.29, 0.717) is 6.04 Å². The molecule has 0 spiro atoms. The lowest BCUT2D eigenvalue weighted by atomic mass is 9.79. The van der Waals surface area contributed by atoms with Crippen LogP contribution in [-0.4, -0.2) is 11.0 Å². The van der Waals surface area contributed by atoms with Crippen LogP contribution in [0.3, 0.4) is 0 Å². The maximum absolute atomic E-state index is 4.73. The highest BCUT2D eigenvalue weighted by atomic mass is 14.9. The summed E-state index contributed by atoms with van der Waals surface area (Å²) in [4.78, 5) is 4.73. The van der Waals surface area contributed by atoms with Crippen molar-refractivity contribution in [3.63, 3.8) is 0 Å². The molecule has 3 atom stereocenters. The van der Waals surface area contributed by atoms with Crippen LogP contribution in [0.5, 0.6) is 0 Å². The maximum Gasteiger partial charge on any atom is 0.0705 e. The van der Waals surface area contributed by atoms with Gasteiger partial charge in [0.1, 0.15) is 0 Å². The summed E-state index contributed by atoms with van der Waals surface area (Å²) in [6, 6.07) is 13.3. The first-order valence-electron chi connectivity index (χ1n) is 7.80. The lowest BCUT2D eigenvalue weighted by molar-refractivity contribution is 0.225. The first kappa shape index (κ1) is 13.6. The second kappa shape index (κ2) is 5.92. The van der Waals surface area contributed by atoms with Crippen molar-refractivity contribution in [2.75, 3.05) is 0 Å². The molecule has 106 valence electrons. The molecule has 1 aromatic carbocycles. The van der Waals surface area contributed by atoms with E-state index in [1.54, 1.807) is 0 Å². The number of hydrogen-bond donors (Lipinski definition) is 1. The number of pyridine rings is 1. The van der Waals surface area contributed by atoms with Crippen molar-refractivity contribution < 1.29 is 0 Å². The number of hydrogen-bond acceptors (Lipinski definition) is 2. The van der Waals surface area contributed by atoms with Crippen molar-refractivity contribution in [2.24, 2.45) is 11.8 Å². The minimum Gasteiger partial charge on any atom is -0.308 e. The van der Waals surface area contributed by atoms with Gasteiger partial charge in [-0.05, 0) is 43.2 Å². The Balaban J connectivity index is 1.62. The molecule has 0 aliphatic heterocycles. The summed E-state index contributed by atoms with van der Waals surface area (Å²) in [5.74, 6) is 1.72. The first-order valence-corrected chi connectivity index (χ1v) is 7.80. The van der Waals surface area contributed by atoms with Gasteiger partial charge in [-0.2, -0.15) is 0 Å². The van der Waals surface area contributed by atoms with Crippen LogP contribution in [0.4, 0.5) is 0 Å². The van der Waals surface area contributed by atoms with Gasteiger partial charge in [0.25, 0.3) is 0 Å². The van der Waals surface area contributed by atoms with Crippen LogP contribution in [0.25, 0.3) is 10.9 Å². The van der Waals surface area contributed by atoms with Crippen molar-refractivity contribution >= 4 is 10.9 Å². The van der Waals surface area contributed by atoms with Gasteiger partial charge in [-0.15, -0.1) is 0 Å². The second-order valence-electron chi connectivity index (χ2n) is 6.34. The Morgan fingerprint density at radius 3 is 2.75 bits per heavy atom. The van der Waals surface area contributed by atoms with Crippen LogP contribution in [0, 0.1) is 11.8 Å². The van der Waals surface area contributed by atoms with Crippen molar-refractivity contribution in [3.8, 4) is 0 Å². The van der Waals surface area contributed by atoms with Gasteiger partial charge in [0, 0.05) is 18.0 Å². The van der Waals surface area contributed by atoms with Gasteiger partial charge in [0.05, 0.1) is 11.2 Å². The maximum atomic E-state index is 4.73. The third-order valence-corrected chi connectivity index (χ3v) is 4.83. The second-order valence-corrected chi connectivity index (χ2v) is 6.34. The van der Waals surface area contributed by atoms with Gasteiger partial charge in [0.15, 0.2) is 0 Å². The fourth-order valence-corrected chi connectivity index (χ4v) is 3.19. The molecule has 1 heterocycles. The monoisotopic (exact) mass is 268 g/mol. The molecule has 1 fully saturated rings. The Kier molecular flexibility index (Phi) is 4.02. The van der Waals surface area contributed by atoms with E-state index in [1.807, 2.05) is 0 Å². The van der Waals surface area contributed by atoms with E-state index in [4.69, 9.17) is 4.98 Å². The van der Waals surface area contributed by atoms with Crippen LogP contribution in [0.1, 0.15) is 38.8 Å². The highest BCUT2D eigenvalue weighted by molar-refractivity contribution is 5.78. The zero-order valence-electron chi connectivity index (χ0n) is 12.5. The molecule has 2 aromatic rings. The fourth-order valence-electron chi connectivity index (χ4n) is 3.19. The van der Waals surface area contributed by atoms with E-state index in [1.165, 1.54) is 24.6 Å². The Labute approximate surface area is 121 Å². The van der Waals surface area contributed by atoms with Gasteiger partial charge in [0.2, 0.25) is 0 Å². The average Bonchev–Trinajstić information content (AvgIpc) is 2.48. The van der Waals surface area contributed by atoms with Crippen molar-refractivity contribution in [2.45, 2.75) is 45.7 Å². The zero-order valence-corrected chi connectivity index (χ0v) is 12.5. The molecular weight excluding hydrogens is 244 g/mol. The number of aromatic nitrogens is 1. The lowest BCUT2D eigenvalue weighted by Gasteiger charge is -2.32. The Bertz CT molecular complexity index is 578. The SMILES string of the molecule is CC1CCC(NCc2ccc3ccccc3n2)CC1C. The van der Waals surface area contributed by atoms with E-state index in [0.717, 1.165) is 29.6 Å². The van der Waals surface area contributed by atoms with Gasteiger partial charge >= 0.3 is 0 Å². The van der Waals surface area contributed by atoms with Crippen LogP contribution in [-0.2, 0) is 6.54 Å². The van der Waals surface area contributed by atoms with Crippen molar-refractivity contribution in [1.29, 1.82) is 0 Å². The molecular formula is C18H24N2. The minimum absolute atomic E-state index is 0.662. The molecule has 1 N–H and O–H groups in total. The molecule has 3 unspecified atom stereocenters. The molecule has 0 radical (unpaired) electrons. The molecule has 20 heavy (non-hydrogen) atoms. The van der Waals surface area contributed by atoms with E-state index in [-0.39, 0.29) is 0 Å². The lowest BCUT2D eigenvalue weighted by Crippen LogP contribution is -2.35. The number of nitrogens with one attached hydrogen (secondary N) is 1. The quantitative estimate of drug-likeness (QED) is 0.904. The van der Waals surface area contributed by atoms with E-state index in [9.17, 15) is 0 Å². The highest BCUT2D eigenvalue weighted by Crippen LogP contribution is 2.29. The Morgan fingerprint density at radius 2 is 1.90 bits per heavy atom. The smallest absolute Gasteiger partial charge is 0.0705 e. The normalized spacial score (nSPS) is 26.8. The average molecular weight is 268 g/mol. The van der Waals surface area contributed by atoms with Gasteiger partial charge in [-0.1, -0.05) is 38.1 Å². The molecule has 1 aliphatic rings. The fraction of sp³-hybridized carbons (Fsp3) is 0.500. The summed E-state index contributed by atoms with van der Waals surface area (Å²) in [6.45, 7) is 5.65. The molecule has 2 nitrogen and oxygen atoms in total. The van der Waals surface area contributed by atoms with E-state index < -0.39 is 0 Å². The number of benzene rings is 1. The summed E-state index contributed by atoms with van der Waals surface area (Å²) in [5.41, 5.74) is 2.24. The van der Waals surface area contributed by atoms with Crippen LogP contribution in [0.2, 0.25) is 0 Å². The standard InChI is InChI=1S/C18H24N2/c1-13-7-9-16(11-14(13)2)19-12-17-10-8-15-5-3-4-6-18(15)20-17/h3-6,8,10,13-14,16,19H,7,9,11-12H2,1-2H3. The molecule has 0 amide bonds. The predicted molar refractivity (Wildman–Crippen MR) is 84.5 cm³/mol. The van der Waals surface area contributed by atoms with Crippen LogP contribution >= 0.6 is 0 Å². The minimum atomic E-state index is 0.662. The van der Waals surface area contributed by atoms with Gasteiger partial charge in [-0.25, -0.2) is 0 Å².